The van der Waals surface area contributed by atoms with Crippen molar-refractivity contribution in [1.29, 1.82) is 0 Å². The second-order valence-electron chi connectivity index (χ2n) is 10.2. The molecule has 0 bridgehead atoms. The van der Waals surface area contributed by atoms with Gasteiger partial charge in [-0.1, -0.05) is 18.2 Å². The van der Waals surface area contributed by atoms with Gasteiger partial charge >= 0.3 is 0 Å². The molecule has 1 N–H and O–H groups in total. The molecule has 1 aromatic carbocycles. The van der Waals surface area contributed by atoms with Gasteiger partial charge in [0.25, 0.3) is 0 Å². The highest BCUT2D eigenvalue weighted by molar-refractivity contribution is 5.69. The molecule has 1 saturated carbocycles. The van der Waals surface area contributed by atoms with Crippen molar-refractivity contribution in [1.82, 2.24) is 34.2 Å². The number of hydrogen-bond donors (Lipinski definition) is 1. The van der Waals surface area contributed by atoms with Gasteiger partial charge in [0.15, 0.2) is 5.82 Å². The molecular formula is C28H33N7O. The van der Waals surface area contributed by atoms with Gasteiger partial charge in [0, 0.05) is 66.7 Å². The zero-order valence-corrected chi connectivity index (χ0v) is 20.7. The Kier molecular flexibility index (Phi) is 6.37. The maximum atomic E-state index is 9.77. The smallest absolute Gasteiger partial charge is 0.159 e. The number of rotatable bonds is 6. The summed E-state index contributed by atoms with van der Waals surface area (Å²) in [7, 11) is 1.92. The Balaban J connectivity index is 1.16. The molecule has 0 radical (unpaired) electrons. The molecule has 2 fully saturated rings. The predicted molar refractivity (Wildman–Crippen MR) is 139 cm³/mol. The van der Waals surface area contributed by atoms with Crippen LogP contribution in [0.5, 0.6) is 0 Å². The average Bonchev–Trinajstić information content (AvgIpc) is 3.70. The highest BCUT2D eigenvalue weighted by atomic mass is 16.3. The van der Waals surface area contributed by atoms with E-state index in [-0.39, 0.29) is 6.61 Å². The number of aromatic nitrogens is 6. The molecule has 36 heavy (non-hydrogen) atoms. The van der Waals surface area contributed by atoms with Crippen LogP contribution < -0.4 is 0 Å². The van der Waals surface area contributed by atoms with Crippen LogP contribution in [0.25, 0.3) is 33.8 Å². The van der Waals surface area contributed by atoms with Crippen molar-refractivity contribution in [2.45, 2.75) is 56.7 Å². The molecule has 8 heteroatoms. The number of benzene rings is 1. The van der Waals surface area contributed by atoms with Crippen molar-refractivity contribution in [2.24, 2.45) is 7.05 Å². The SMILES string of the molecule is Cn1cc(-c2cccc(-c3ncc(-c4cn(C5CCCC(N6CCC[C@@H]6CO)C5)cn4)cn3)c2)cn1. The van der Waals surface area contributed by atoms with Gasteiger partial charge in [-0.15, -0.1) is 0 Å². The number of hydrogen-bond acceptors (Lipinski definition) is 6. The lowest BCUT2D eigenvalue weighted by atomic mass is 9.89. The normalized spacial score (nSPS) is 22.8. The summed E-state index contributed by atoms with van der Waals surface area (Å²) in [5.74, 6) is 0.697. The lowest BCUT2D eigenvalue weighted by molar-refractivity contribution is 0.0847. The molecule has 6 rings (SSSR count). The Morgan fingerprint density at radius 2 is 1.72 bits per heavy atom. The van der Waals surface area contributed by atoms with E-state index < -0.39 is 0 Å². The van der Waals surface area contributed by atoms with Crippen LogP contribution in [0.15, 0.2) is 61.6 Å². The van der Waals surface area contributed by atoms with Crippen molar-refractivity contribution in [3.63, 3.8) is 0 Å². The molecule has 2 aliphatic rings. The lowest BCUT2D eigenvalue weighted by Crippen LogP contribution is -2.43. The van der Waals surface area contributed by atoms with E-state index in [9.17, 15) is 5.11 Å². The summed E-state index contributed by atoms with van der Waals surface area (Å²) in [4.78, 5) is 16.6. The first-order valence-electron chi connectivity index (χ1n) is 13.0. The first-order chi connectivity index (χ1) is 17.7. The molecular weight excluding hydrogens is 450 g/mol. The Morgan fingerprint density at radius 3 is 2.53 bits per heavy atom. The molecule has 4 heterocycles. The van der Waals surface area contributed by atoms with E-state index in [2.05, 4.69) is 42.9 Å². The highest BCUT2D eigenvalue weighted by Crippen LogP contribution is 2.35. The summed E-state index contributed by atoms with van der Waals surface area (Å²) in [6, 6.07) is 9.57. The molecule has 1 aliphatic carbocycles. The topological polar surface area (TPSA) is 84.9 Å². The van der Waals surface area contributed by atoms with Gasteiger partial charge in [0.1, 0.15) is 0 Å². The number of aryl methyl sites for hydroxylation is 1. The van der Waals surface area contributed by atoms with Crippen molar-refractivity contribution in [2.75, 3.05) is 13.2 Å². The lowest BCUT2D eigenvalue weighted by Gasteiger charge is -2.38. The first-order valence-corrected chi connectivity index (χ1v) is 13.0. The largest absolute Gasteiger partial charge is 0.395 e. The fourth-order valence-electron chi connectivity index (χ4n) is 5.95. The van der Waals surface area contributed by atoms with Crippen LogP contribution in [0.2, 0.25) is 0 Å². The van der Waals surface area contributed by atoms with Gasteiger partial charge in [-0.3, -0.25) is 9.58 Å². The number of aliphatic hydroxyl groups is 1. The van der Waals surface area contributed by atoms with E-state index in [4.69, 9.17) is 4.98 Å². The molecule has 0 amide bonds. The Bertz CT molecular complexity index is 1310. The quantitative estimate of drug-likeness (QED) is 0.439. The Hall–Kier alpha value is -3.36. The second kappa shape index (κ2) is 9.95. The number of aliphatic hydroxyl groups excluding tert-OH is 1. The highest BCUT2D eigenvalue weighted by Gasteiger charge is 2.34. The molecule has 2 unspecified atom stereocenters. The number of nitrogens with zero attached hydrogens (tertiary/aromatic N) is 7. The van der Waals surface area contributed by atoms with Crippen LogP contribution in [0.4, 0.5) is 0 Å². The third kappa shape index (κ3) is 4.58. The fourth-order valence-corrected chi connectivity index (χ4v) is 5.95. The van der Waals surface area contributed by atoms with Gasteiger partial charge < -0.3 is 9.67 Å². The summed E-state index contributed by atoms with van der Waals surface area (Å²) in [5.41, 5.74) is 4.97. The summed E-state index contributed by atoms with van der Waals surface area (Å²) >= 11 is 0. The van der Waals surface area contributed by atoms with Gasteiger partial charge in [-0.25, -0.2) is 15.0 Å². The molecule has 1 aliphatic heterocycles. The van der Waals surface area contributed by atoms with Crippen molar-refractivity contribution in [3.05, 3.63) is 61.6 Å². The molecule has 186 valence electrons. The van der Waals surface area contributed by atoms with Gasteiger partial charge in [-0.05, 0) is 56.7 Å². The van der Waals surface area contributed by atoms with Crippen molar-refractivity contribution in [3.8, 4) is 33.8 Å². The van der Waals surface area contributed by atoms with Gasteiger partial charge in [0.05, 0.1) is 24.8 Å². The van der Waals surface area contributed by atoms with Crippen LogP contribution in [0, 0.1) is 0 Å². The van der Waals surface area contributed by atoms with Crippen molar-refractivity contribution >= 4 is 0 Å². The first kappa shape index (κ1) is 23.1. The number of imidazole rings is 1. The minimum absolute atomic E-state index is 0.278. The van der Waals surface area contributed by atoms with E-state index in [1.807, 2.05) is 50.3 Å². The summed E-state index contributed by atoms with van der Waals surface area (Å²) in [5, 5.41) is 14.0. The van der Waals surface area contributed by atoms with E-state index >= 15 is 0 Å². The minimum atomic E-state index is 0.278. The van der Waals surface area contributed by atoms with Crippen LogP contribution in [0.3, 0.4) is 0 Å². The standard InChI is InChI=1S/C28H33N7O/c1-33-16-23(15-32-33)20-5-2-6-21(11-20)28-29-13-22(14-30-28)27-17-34(19-31-27)24-7-3-8-25(12-24)35-10-4-9-26(35)18-36/h2,5-6,11,13-17,19,24-26,36H,3-4,7-10,12,18H2,1H3/t24?,25?,26-/m1/s1. The molecule has 3 aromatic heterocycles. The molecule has 0 spiro atoms. The molecule has 8 nitrogen and oxygen atoms in total. The van der Waals surface area contributed by atoms with Gasteiger partial charge in [0.2, 0.25) is 0 Å². The van der Waals surface area contributed by atoms with Crippen LogP contribution in [-0.2, 0) is 7.05 Å². The molecule has 3 atom stereocenters. The van der Waals surface area contributed by atoms with E-state index in [0.717, 1.165) is 47.3 Å². The van der Waals surface area contributed by atoms with Crippen LogP contribution >= 0.6 is 0 Å². The zero-order chi connectivity index (χ0) is 24.5. The number of likely N-dealkylation sites (tertiary alicyclic amines) is 1. The predicted octanol–water partition coefficient (Wildman–Crippen LogP) is 4.35. The Morgan fingerprint density at radius 1 is 0.889 bits per heavy atom. The second-order valence-corrected chi connectivity index (χ2v) is 10.2. The van der Waals surface area contributed by atoms with E-state index in [0.29, 0.717) is 23.9 Å². The van der Waals surface area contributed by atoms with Crippen LogP contribution in [-0.4, -0.2) is 64.5 Å². The minimum Gasteiger partial charge on any atom is -0.395 e. The third-order valence-electron chi connectivity index (χ3n) is 7.85. The summed E-state index contributed by atoms with van der Waals surface area (Å²) in [6.45, 7) is 1.40. The fraction of sp³-hybridized carbons (Fsp3) is 0.429. The molecule has 4 aromatic rings. The maximum Gasteiger partial charge on any atom is 0.159 e. The molecule has 1 saturated heterocycles. The maximum absolute atomic E-state index is 9.77. The summed E-state index contributed by atoms with van der Waals surface area (Å²) in [6.07, 6.45) is 18.8. The Labute approximate surface area is 211 Å². The average molecular weight is 484 g/mol. The van der Waals surface area contributed by atoms with Crippen LogP contribution in [0.1, 0.15) is 44.6 Å². The summed E-state index contributed by atoms with van der Waals surface area (Å²) < 4.78 is 4.08. The zero-order valence-electron chi connectivity index (χ0n) is 20.7. The van der Waals surface area contributed by atoms with Gasteiger partial charge in [-0.2, -0.15) is 5.10 Å². The van der Waals surface area contributed by atoms with E-state index in [1.54, 1.807) is 4.68 Å². The third-order valence-corrected chi connectivity index (χ3v) is 7.85. The monoisotopic (exact) mass is 483 g/mol. The van der Waals surface area contributed by atoms with Crippen molar-refractivity contribution < 1.29 is 5.11 Å². The van der Waals surface area contributed by atoms with E-state index in [1.165, 1.54) is 25.7 Å².